The molecule has 5 rings (SSSR count). The van der Waals surface area contributed by atoms with Gasteiger partial charge >= 0.3 is 5.97 Å². The molecule has 3 aromatic carbocycles. The van der Waals surface area contributed by atoms with Gasteiger partial charge in [0.05, 0.1) is 6.61 Å². The topological polar surface area (TPSA) is 113 Å². The number of carboxylic acid groups (broad SMARTS) is 1. The molecule has 0 saturated carbocycles. The number of benzene rings is 3. The van der Waals surface area contributed by atoms with Gasteiger partial charge in [-0.25, -0.2) is 4.79 Å². The molecule has 0 bridgehead atoms. The zero-order chi connectivity index (χ0) is 25.9. The number of carbonyl (C=O) groups excluding carboxylic acids is 1. The predicted octanol–water partition coefficient (Wildman–Crippen LogP) is 3.42. The first kappa shape index (κ1) is 25.2. The molecule has 0 aromatic heterocycles. The minimum atomic E-state index is -1.17. The fourth-order valence-electron chi connectivity index (χ4n) is 4.72. The largest absolute Gasteiger partial charge is 0.479 e. The number of hydrogen-bond acceptors (Lipinski definition) is 7. The summed E-state index contributed by atoms with van der Waals surface area (Å²) in [6.07, 6.45) is -5.13. The van der Waals surface area contributed by atoms with Crippen molar-refractivity contribution in [2.75, 3.05) is 6.61 Å². The van der Waals surface area contributed by atoms with E-state index < -0.39 is 49.0 Å². The van der Waals surface area contributed by atoms with E-state index in [1.54, 1.807) is 0 Å². The highest BCUT2D eigenvalue weighted by Crippen LogP contribution is 2.37. The van der Waals surface area contributed by atoms with Gasteiger partial charge in [-0.15, -0.1) is 0 Å². The normalized spacial score (nSPS) is 28.2. The lowest BCUT2D eigenvalue weighted by Gasteiger charge is -2.49. The van der Waals surface area contributed by atoms with Crippen LogP contribution in [0.3, 0.4) is 0 Å². The second-order valence-corrected chi connectivity index (χ2v) is 9.12. The highest BCUT2D eigenvalue weighted by atomic mass is 16.8. The number of hydrogen-bond donors (Lipinski definition) is 2. The van der Waals surface area contributed by atoms with Crippen LogP contribution in [0.25, 0.3) is 10.8 Å². The van der Waals surface area contributed by atoms with Crippen LogP contribution in [-0.2, 0) is 28.5 Å². The van der Waals surface area contributed by atoms with Crippen LogP contribution in [0.4, 0.5) is 0 Å². The molecule has 3 aromatic rings. The van der Waals surface area contributed by atoms with E-state index in [1.807, 2.05) is 72.8 Å². The summed E-state index contributed by atoms with van der Waals surface area (Å²) in [5.41, 5.74) is 0.802. The minimum absolute atomic E-state index is 0.160. The zero-order valence-corrected chi connectivity index (χ0v) is 20.5. The summed E-state index contributed by atoms with van der Waals surface area (Å²) in [7, 11) is 0. The van der Waals surface area contributed by atoms with Crippen molar-refractivity contribution in [3.63, 3.8) is 0 Å². The summed E-state index contributed by atoms with van der Waals surface area (Å²) in [5, 5.41) is 14.3. The molecule has 7 unspecified atom stereocenters. The molecule has 7 atom stereocenters. The van der Waals surface area contributed by atoms with Crippen molar-refractivity contribution in [2.45, 2.75) is 56.9 Å². The van der Waals surface area contributed by atoms with Gasteiger partial charge < -0.3 is 34.1 Å². The molecule has 2 fully saturated rings. The van der Waals surface area contributed by atoms with E-state index in [0.717, 1.165) is 16.3 Å². The summed E-state index contributed by atoms with van der Waals surface area (Å²) < 4.78 is 30.9. The molecule has 2 saturated heterocycles. The molecule has 37 heavy (non-hydrogen) atoms. The number of rotatable bonds is 7. The second-order valence-electron chi connectivity index (χ2n) is 9.12. The van der Waals surface area contributed by atoms with Gasteiger partial charge in [-0.2, -0.15) is 0 Å². The van der Waals surface area contributed by atoms with Crippen LogP contribution in [0.15, 0.2) is 72.8 Å². The lowest BCUT2D eigenvalue weighted by molar-refractivity contribution is -0.340. The molecule has 2 aliphatic heterocycles. The first-order valence-electron chi connectivity index (χ1n) is 12.2. The molecule has 0 radical (unpaired) electrons. The van der Waals surface area contributed by atoms with Crippen LogP contribution in [0.2, 0.25) is 0 Å². The van der Waals surface area contributed by atoms with Crippen LogP contribution in [-0.4, -0.2) is 60.3 Å². The number of amides is 1. The lowest BCUT2D eigenvalue weighted by atomic mass is 9.95. The molecule has 2 aliphatic rings. The summed E-state index contributed by atoms with van der Waals surface area (Å²) >= 11 is 0. The Morgan fingerprint density at radius 2 is 1.73 bits per heavy atom. The van der Waals surface area contributed by atoms with Crippen LogP contribution in [0, 0.1) is 0 Å². The van der Waals surface area contributed by atoms with Crippen LogP contribution in [0.5, 0.6) is 5.75 Å². The van der Waals surface area contributed by atoms with Gasteiger partial charge in [-0.3, -0.25) is 4.79 Å². The van der Waals surface area contributed by atoms with Gasteiger partial charge in [0.25, 0.3) is 0 Å². The SMILES string of the molecule is CC(=O)NC1C(Oc2cccc3ccccc23)OC2COC(c3ccccc3)OC2C1OC(C)C(=O)O. The number of carboxylic acids is 1. The molecule has 9 heteroatoms. The fourth-order valence-corrected chi connectivity index (χ4v) is 4.72. The Labute approximate surface area is 214 Å². The Bertz CT molecular complexity index is 1250. The second kappa shape index (κ2) is 10.9. The van der Waals surface area contributed by atoms with E-state index in [-0.39, 0.29) is 12.5 Å². The van der Waals surface area contributed by atoms with Crippen molar-refractivity contribution in [1.82, 2.24) is 5.32 Å². The lowest BCUT2D eigenvalue weighted by Crippen LogP contribution is -2.68. The quantitative estimate of drug-likeness (QED) is 0.500. The van der Waals surface area contributed by atoms with Crippen molar-refractivity contribution in [2.24, 2.45) is 0 Å². The number of carbonyl (C=O) groups is 2. The van der Waals surface area contributed by atoms with Crippen LogP contribution < -0.4 is 10.1 Å². The Morgan fingerprint density at radius 3 is 2.49 bits per heavy atom. The molecule has 1 amide bonds. The standard InChI is InChI=1S/C28H29NO8/c1-16(26(31)32)34-25-23(29-17(2)30)28(35-21-14-8-12-18-9-6-7-13-20(18)21)36-22-15-33-27(37-24(22)25)19-10-4-3-5-11-19/h3-14,16,22-25,27-28H,15H2,1-2H3,(H,29,30)(H,31,32). The van der Waals surface area contributed by atoms with Gasteiger partial charge in [0, 0.05) is 17.9 Å². The molecule has 0 spiro atoms. The highest BCUT2D eigenvalue weighted by Gasteiger charge is 2.53. The van der Waals surface area contributed by atoms with Crippen LogP contribution in [0.1, 0.15) is 25.7 Å². The Hall–Kier alpha value is -3.50. The summed E-state index contributed by atoms with van der Waals surface area (Å²) in [6.45, 7) is 2.97. The molecule has 9 nitrogen and oxygen atoms in total. The minimum Gasteiger partial charge on any atom is -0.479 e. The van der Waals surface area contributed by atoms with Gasteiger partial charge in [0.2, 0.25) is 12.2 Å². The summed E-state index contributed by atoms with van der Waals surface area (Å²) in [4.78, 5) is 24.0. The van der Waals surface area contributed by atoms with E-state index in [4.69, 9.17) is 23.7 Å². The first-order chi connectivity index (χ1) is 17.9. The number of fused-ring (bicyclic) bond motifs is 2. The molecule has 194 valence electrons. The average molecular weight is 508 g/mol. The zero-order valence-electron chi connectivity index (χ0n) is 20.5. The fraction of sp³-hybridized carbons (Fsp3) is 0.357. The van der Waals surface area contributed by atoms with Crippen molar-refractivity contribution in [3.8, 4) is 5.75 Å². The summed E-state index contributed by atoms with van der Waals surface area (Å²) in [6, 6.07) is 21.9. The third-order valence-corrected chi connectivity index (χ3v) is 6.48. The third kappa shape index (κ3) is 5.45. The molecule has 2 N–H and O–H groups in total. The summed E-state index contributed by atoms with van der Waals surface area (Å²) in [5.74, 6) is -0.925. The van der Waals surface area contributed by atoms with Crippen molar-refractivity contribution < 1.29 is 38.4 Å². The van der Waals surface area contributed by atoms with Crippen molar-refractivity contribution in [1.29, 1.82) is 0 Å². The van der Waals surface area contributed by atoms with Crippen molar-refractivity contribution in [3.05, 3.63) is 78.4 Å². The number of aliphatic carboxylic acids is 1. The number of ether oxygens (including phenoxy) is 5. The van der Waals surface area contributed by atoms with E-state index in [9.17, 15) is 14.7 Å². The predicted molar refractivity (Wildman–Crippen MR) is 133 cm³/mol. The molecular weight excluding hydrogens is 478 g/mol. The average Bonchev–Trinajstić information content (AvgIpc) is 2.90. The highest BCUT2D eigenvalue weighted by molar-refractivity contribution is 5.88. The maximum atomic E-state index is 12.3. The Balaban J connectivity index is 1.49. The molecule has 0 aliphatic carbocycles. The van der Waals surface area contributed by atoms with E-state index in [2.05, 4.69) is 5.32 Å². The van der Waals surface area contributed by atoms with Crippen LogP contribution >= 0.6 is 0 Å². The third-order valence-electron chi connectivity index (χ3n) is 6.48. The van der Waals surface area contributed by atoms with E-state index in [0.29, 0.717) is 5.75 Å². The van der Waals surface area contributed by atoms with E-state index >= 15 is 0 Å². The first-order valence-corrected chi connectivity index (χ1v) is 12.2. The Kier molecular flexibility index (Phi) is 7.38. The van der Waals surface area contributed by atoms with Gasteiger partial charge in [0.1, 0.15) is 30.1 Å². The van der Waals surface area contributed by atoms with Gasteiger partial charge in [0.15, 0.2) is 12.4 Å². The maximum absolute atomic E-state index is 12.3. The number of nitrogens with one attached hydrogen (secondary N) is 1. The van der Waals surface area contributed by atoms with Gasteiger partial charge in [-0.05, 0) is 18.4 Å². The molecular formula is C28H29NO8. The Morgan fingerprint density at radius 1 is 1.00 bits per heavy atom. The van der Waals surface area contributed by atoms with E-state index in [1.165, 1.54) is 13.8 Å². The smallest absolute Gasteiger partial charge is 0.332 e. The van der Waals surface area contributed by atoms with Crippen molar-refractivity contribution >= 4 is 22.6 Å². The van der Waals surface area contributed by atoms with Gasteiger partial charge in [-0.1, -0.05) is 66.7 Å². The molecule has 2 heterocycles. The maximum Gasteiger partial charge on any atom is 0.332 e. The monoisotopic (exact) mass is 507 g/mol.